The first-order chi connectivity index (χ1) is 22.9. The van der Waals surface area contributed by atoms with Crippen LogP contribution >= 0.6 is 0 Å². The predicted octanol–water partition coefficient (Wildman–Crippen LogP) is 11.0. The van der Waals surface area contributed by atoms with Gasteiger partial charge in [0.15, 0.2) is 0 Å². The maximum atomic E-state index is 8.78. The molecule has 47 heavy (non-hydrogen) atoms. The second-order valence-electron chi connectivity index (χ2n) is 12.9. The minimum Gasteiger partial charge on any atom is -0.501 e. The Labute approximate surface area is 296 Å². The Morgan fingerprint density at radius 3 is 2.28 bits per heavy atom. The van der Waals surface area contributed by atoms with Gasteiger partial charge in [-0.2, -0.15) is 0 Å². The van der Waals surface area contributed by atoms with Gasteiger partial charge in [-0.1, -0.05) is 118 Å². The third-order valence-electron chi connectivity index (χ3n) is 8.43. The van der Waals surface area contributed by atoms with Crippen LogP contribution < -0.4 is 5.19 Å². The number of furan rings is 1. The zero-order chi connectivity index (χ0) is 34.1. The van der Waals surface area contributed by atoms with Crippen LogP contribution in [0.1, 0.15) is 35.0 Å². The molecule has 7 rings (SSSR count). The molecule has 0 aliphatic carbocycles. The van der Waals surface area contributed by atoms with E-state index in [1.54, 1.807) is 24.4 Å². The Bertz CT molecular complexity index is 2190. The topological polar surface area (TPSA) is 38.9 Å². The molecule has 1 radical (unpaired) electrons. The monoisotopic (exact) mass is 811 g/mol. The third kappa shape index (κ3) is 7.71. The van der Waals surface area contributed by atoms with Crippen LogP contribution in [0.3, 0.4) is 0 Å². The van der Waals surface area contributed by atoms with Crippen molar-refractivity contribution in [3.8, 4) is 33.6 Å². The van der Waals surface area contributed by atoms with Crippen LogP contribution in [0, 0.1) is 18.1 Å². The van der Waals surface area contributed by atoms with E-state index >= 15 is 0 Å². The molecule has 5 heteroatoms. The van der Waals surface area contributed by atoms with Crippen molar-refractivity contribution in [3.63, 3.8) is 0 Å². The summed E-state index contributed by atoms with van der Waals surface area (Å²) in [6.45, 7) is 13.0. The van der Waals surface area contributed by atoms with Crippen LogP contribution in [-0.2, 0) is 20.1 Å². The van der Waals surface area contributed by atoms with Gasteiger partial charge in [-0.15, -0.1) is 54.1 Å². The smallest absolute Gasteiger partial charge is 0.121 e. The van der Waals surface area contributed by atoms with Gasteiger partial charge in [0.2, 0.25) is 0 Å². The summed E-state index contributed by atoms with van der Waals surface area (Å²) in [6.07, 6.45) is 3.74. The average Bonchev–Trinajstić information content (AvgIpc) is 3.47. The second kappa shape index (κ2) is 14.7. The van der Waals surface area contributed by atoms with E-state index in [1.807, 2.05) is 61.7 Å². The average molecular weight is 811 g/mol. The van der Waals surface area contributed by atoms with Gasteiger partial charge in [-0.25, -0.2) is 0 Å². The Hall–Kier alpha value is -4.15. The second-order valence-corrected chi connectivity index (χ2v) is 18.0. The molecule has 0 aliphatic rings. The van der Waals surface area contributed by atoms with Crippen LogP contribution in [0.5, 0.6) is 0 Å². The van der Waals surface area contributed by atoms with Crippen LogP contribution in [-0.4, -0.2) is 18.0 Å². The van der Waals surface area contributed by atoms with E-state index in [-0.39, 0.29) is 26.0 Å². The zero-order valence-electron chi connectivity index (χ0n) is 29.7. The Morgan fingerprint density at radius 1 is 0.766 bits per heavy atom. The van der Waals surface area contributed by atoms with Gasteiger partial charge in [0.05, 0.1) is 13.7 Å². The molecule has 3 heterocycles. The molecule has 0 amide bonds. The number of aromatic nitrogens is 2. The molecular formula is C42H40IrN2OSi-2. The fraction of sp³-hybridized carbons (Fsp3) is 0.190. The van der Waals surface area contributed by atoms with Crippen molar-refractivity contribution in [2.45, 2.75) is 46.3 Å². The normalized spacial score (nSPS) is 13.3. The molecular weight excluding hydrogens is 769 g/mol. The van der Waals surface area contributed by atoms with Gasteiger partial charge < -0.3 is 14.4 Å². The first kappa shape index (κ1) is 31.4. The number of benzene rings is 4. The molecule has 0 spiro atoms. The summed E-state index contributed by atoms with van der Waals surface area (Å²) >= 11 is 0. The zero-order valence-corrected chi connectivity index (χ0v) is 31.1. The molecule has 0 fully saturated rings. The van der Waals surface area contributed by atoms with Crippen molar-refractivity contribution in [1.82, 2.24) is 9.97 Å². The van der Waals surface area contributed by atoms with E-state index in [4.69, 9.17) is 7.16 Å². The first-order valence-corrected chi connectivity index (χ1v) is 19.3. The summed E-state index contributed by atoms with van der Waals surface area (Å²) in [4.78, 5) is 9.07. The quantitative estimate of drug-likeness (QED) is 0.124. The molecule has 0 N–H and O–H groups in total. The van der Waals surface area contributed by atoms with Gasteiger partial charge in [-0.05, 0) is 51.6 Å². The molecule has 4 aromatic carbocycles. The molecule has 1 atom stereocenters. The van der Waals surface area contributed by atoms with Crippen LogP contribution in [0.15, 0.2) is 126 Å². The van der Waals surface area contributed by atoms with E-state index < -0.39 is 14.0 Å². The van der Waals surface area contributed by atoms with Gasteiger partial charge in [0.25, 0.3) is 0 Å². The molecule has 0 aliphatic heterocycles. The van der Waals surface area contributed by atoms with Gasteiger partial charge >= 0.3 is 0 Å². The van der Waals surface area contributed by atoms with Gasteiger partial charge in [-0.3, -0.25) is 0 Å². The van der Waals surface area contributed by atoms with E-state index in [2.05, 4.69) is 92.0 Å². The van der Waals surface area contributed by atoms with Crippen molar-refractivity contribution in [2.75, 3.05) is 0 Å². The molecule has 3 aromatic heterocycles. The van der Waals surface area contributed by atoms with Crippen LogP contribution in [0.4, 0.5) is 0 Å². The summed E-state index contributed by atoms with van der Waals surface area (Å²) in [6, 6.07) is 41.0. The molecule has 239 valence electrons. The number of nitrogens with zero attached hydrogens (tertiary/aromatic N) is 2. The fourth-order valence-electron chi connectivity index (χ4n) is 5.39. The van der Waals surface area contributed by atoms with Crippen molar-refractivity contribution in [1.29, 1.82) is 0 Å². The van der Waals surface area contributed by atoms with E-state index in [9.17, 15) is 0 Å². The Balaban J connectivity index is 0.000000221. The molecule has 3 nitrogen and oxygen atoms in total. The molecule has 1 unspecified atom stereocenters. The number of pyridine rings is 2. The number of hydrogen-bond acceptors (Lipinski definition) is 3. The third-order valence-corrected chi connectivity index (χ3v) is 10.5. The molecule has 0 saturated heterocycles. The molecule has 0 saturated carbocycles. The maximum Gasteiger partial charge on any atom is 0.121 e. The number of hydrogen-bond donors (Lipinski definition) is 0. The largest absolute Gasteiger partial charge is 0.501 e. The van der Waals surface area contributed by atoms with Crippen molar-refractivity contribution < 1.29 is 27.3 Å². The van der Waals surface area contributed by atoms with Crippen LogP contribution in [0.25, 0.3) is 55.6 Å². The van der Waals surface area contributed by atoms with E-state index in [1.165, 1.54) is 5.19 Å². The summed E-state index contributed by atoms with van der Waals surface area (Å²) in [5.41, 5.74) is 8.25. The Morgan fingerprint density at radius 2 is 1.57 bits per heavy atom. The summed E-state index contributed by atoms with van der Waals surface area (Å²) in [5.74, 6) is -0.505. The number of rotatable bonds is 6. The summed E-state index contributed by atoms with van der Waals surface area (Å²) in [7, 11) is -1.28. The fourth-order valence-corrected chi connectivity index (χ4v) is 6.42. The molecule has 0 bridgehead atoms. The van der Waals surface area contributed by atoms with Crippen molar-refractivity contribution in [3.05, 3.63) is 139 Å². The van der Waals surface area contributed by atoms with Gasteiger partial charge in [0, 0.05) is 40.6 Å². The molecule has 7 aromatic rings. The van der Waals surface area contributed by atoms with E-state index in [0.717, 1.165) is 61.1 Å². The number of fused-ring (bicyclic) bond motifs is 3. The first-order valence-electron chi connectivity index (χ1n) is 16.8. The summed E-state index contributed by atoms with van der Waals surface area (Å²) < 4.78 is 22.7. The van der Waals surface area contributed by atoms with E-state index in [0.29, 0.717) is 6.04 Å². The van der Waals surface area contributed by atoms with Crippen molar-refractivity contribution in [2.24, 2.45) is 5.92 Å². The Kier molecular flexibility index (Phi) is 9.86. The minimum atomic E-state index is -1.28. The van der Waals surface area contributed by atoms with Gasteiger partial charge in [0.1, 0.15) is 5.58 Å². The maximum absolute atomic E-state index is 8.78. The summed E-state index contributed by atoms with van der Waals surface area (Å²) in [5, 5.41) is 3.48. The standard InChI is InChI=1S/C28H24NO.C14H16NSi.Ir/c1-18(2)19(3)21-14-15-29-26(16-21)25-11-7-10-24-23-13-12-22(17-27(23)30-28(24)25)20-8-5-4-6-9-20;1-16(2,3)13-9-10-14(15-11-13)12-7-5-4-6-8-12;/h4-10,12-19H,1-3H3;4-7,9-11H,1-3H3;/q2*-1;/i19D;5D;. The SMILES string of the molecule is [2H]C(C)(c1ccnc(-c2[c-]ccc3c2oc2cc(-c4ccccc4)ccc23)c1)C(C)C.[2H]c1cc[c-]c(-c2ccc([Si](C)(C)C)cn2)c1.[Ir]. The van der Waals surface area contributed by atoms with Crippen LogP contribution in [0.2, 0.25) is 19.6 Å². The van der Waals surface area contributed by atoms with Crippen molar-refractivity contribution >= 4 is 35.2 Å². The predicted molar refractivity (Wildman–Crippen MR) is 196 cm³/mol. The minimum absolute atomic E-state index is 0.